The highest BCUT2D eigenvalue weighted by atomic mass is 16.5. The van der Waals surface area contributed by atoms with E-state index in [4.69, 9.17) is 24.3 Å². The standard InChI is InChI=1S/C26H25N3O4/c1-31-15-22-25(16-8-10-18(32-2)11-9-16)26-27-21-12-17(19-6-4-5-7-24(19)33-3)13-23(30)20(21)14-29(26)28-22/h4-11,14,17H,12-13,15H2,1-3H3. The van der Waals surface area contributed by atoms with Crippen molar-refractivity contribution >= 4 is 11.4 Å². The van der Waals surface area contributed by atoms with E-state index in [1.165, 1.54) is 0 Å². The first-order valence-electron chi connectivity index (χ1n) is 10.8. The summed E-state index contributed by atoms with van der Waals surface area (Å²) in [6.07, 6.45) is 2.88. The van der Waals surface area contributed by atoms with Crippen LogP contribution < -0.4 is 9.47 Å². The molecule has 1 unspecified atom stereocenters. The van der Waals surface area contributed by atoms with Gasteiger partial charge in [-0.05, 0) is 35.7 Å². The molecule has 0 radical (unpaired) electrons. The number of fused-ring (bicyclic) bond motifs is 2. The SMILES string of the molecule is COCc1nn2cc3c(nc2c1-c1ccc(OC)cc1)CC(c1ccccc1OC)CC3=O. The second kappa shape index (κ2) is 8.67. The van der Waals surface area contributed by atoms with Gasteiger partial charge in [-0.1, -0.05) is 30.3 Å². The van der Waals surface area contributed by atoms with Crippen molar-refractivity contribution < 1.29 is 19.0 Å². The van der Waals surface area contributed by atoms with Crippen LogP contribution in [0.25, 0.3) is 16.8 Å². The molecule has 4 aromatic rings. The Morgan fingerprint density at radius 3 is 2.52 bits per heavy atom. The van der Waals surface area contributed by atoms with E-state index in [2.05, 4.69) is 0 Å². The molecule has 168 valence electrons. The highest BCUT2D eigenvalue weighted by molar-refractivity contribution is 5.99. The summed E-state index contributed by atoms with van der Waals surface area (Å²) in [4.78, 5) is 18.1. The third-order valence-electron chi connectivity index (χ3n) is 6.17. The Morgan fingerprint density at radius 1 is 1.00 bits per heavy atom. The van der Waals surface area contributed by atoms with Gasteiger partial charge in [0.15, 0.2) is 11.4 Å². The van der Waals surface area contributed by atoms with Gasteiger partial charge in [0.2, 0.25) is 0 Å². The second-order valence-electron chi connectivity index (χ2n) is 8.12. The van der Waals surface area contributed by atoms with Gasteiger partial charge >= 0.3 is 0 Å². The Morgan fingerprint density at radius 2 is 1.79 bits per heavy atom. The Hall–Kier alpha value is -3.71. The van der Waals surface area contributed by atoms with E-state index in [0.717, 1.165) is 39.6 Å². The number of hydrogen-bond acceptors (Lipinski definition) is 6. The second-order valence-corrected chi connectivity index (χ2v) is 8.12. The van der Waals surface area contributed by atoms with Crippen molar-refractivity contribution in [3.05, 3.63) is 77.2 Å². The van der Waals surface area contributed by atoms with Crippen LogP contribution in [0, 0.1) is 0 Å². The van der Waals surface area contributed by atoms with Crippen molar-refractivity contribution in [2.24, 2.45) is 0 Å². The van der Waals surface area contributed by atoms with Gasteiger partial charge in [0.1, 0.15) is 11.5 Å². The van der Waals surface area contributed by atoms with Crippen LogP contribution in [0.15, 0.2) is 54.7 Å². The highest BCUT2D eigenvalue weighted by Crippen LogP contribution is 2.38. The number of ketones is 1. The van der Waals surface area contributed by atoms with Gasteiger partial charge in [-0.3, -0.25) is 4.79 Å². The predicted octanol–water partition coefficient (Wildman–Crippen LogP) is 4.47. The molecular formula is C26H25N3O4. The molecule has 0 amide bonds. The molecule has 1 aliphatic rings. The van der Waals surface area contributed by atoms with Crippen molar-refractivity contribution in [3.8, 4) is 22.6 Å². The minimum Gasteiger partial charge on any atom is -0.497 e. The molecule has 33 heavy (non-hydrogen) atoms. The molecule has 0 fully saturated rings. The summed E-state index contributed by atoms with van der Waals surface area (Å²) in [5.41, 5.74) is 5.79. The molecule has 0 spiro atoms. The van der Waals surface area contributed by atoms with Gasteiger partial charge < -0.3 is 14.2 Å². The Balaban J connectivity index is 1.63. The lowest BCUT2D eigenvalue weighted by atomic mass is 9.82. The zero-order chi connectivity index (χ0) is 22.9. The number of Topliss-reactive ketones (excluding diaryl/α,β-unsaturated/α-hetero) is 1. The fourth-order valence-corrected chi connectivity index (χ4v) is 4.60. The van der Waals surface area contributed by atoms with E-state index in [0.29, 0.717) is 30.7 Å². The zero-order valence-electron chi connectivity index (χ0n) is 18.9. The van der Waals surface area contributed by atoms with Crippen molar-refractivity contribution in [1.29, 1.82) is 0 Å². The van der Waals surface area contributed by atoms with E-state index in [1.807, 2.05) is 54.7 Å². The van der Waals surface area contributed by atoms with Crippen LogP contribution in [0.1, 0.15) is 39.6 Å². The lowest BCUT2D eigenvalue weighted by Gasteiger charge is -2.24. The predicted molar refractivity (Wildman–Crippen MR) is 124 cm³/mol. The number of nitrogens with zero attached hydrogens (tertiary/aromatic N) is 3. The Bertz CT molecular complexity index is 1330. The number of rotatable bonds is 6. The largest absolute Gasteiger partial charge is 0.497 e. The Kier molecular flexibility index (Phi) is 5.56. The van der Waals surface area contributed by atoms with Gasteiger partial charge in [-0.25, -0.2) is 9.50 Å². The van der Waals surface area contributed by atoms with Gasteiger partial charge in [0.25, 0.3) is 0 Å². The van der Waals surface area contributed by atoms with Crippen molar-refractivity contribution in [2.45, 2.75) is 25.4 Å². The topological polar surface area (TPSA) is 75.0 Å². The molecule has 1 atom stereocenters. The number of carbonyl (C=O) groups excluding carboxylic acids is 1. The van der Waals surface area contributed by atoms with E-state index < -0.39 is 0 Å². The van der Waals surface area contributed by atoms with Gasteiger partial charge in [-0.2, -0.15) is 5.10 Å². The van der Waals surface area contributed by atoms with Gasteiger partial charge in [0, 0.05) is 25.6 Å². The number of para-hydroxylation sites is 1. The number of hydrogen-bond donors (Lipinski definition) is 0. The van der Waals surface area contributed by atoms with E-state index in [1.54, 1.807) is 25.8 Å². The molecule has 7 heteroatoms. The third kappa shape index (κ3) is 3.74. The van der Waals surface area contributed by atoms with E-state index in [9.17, 15) is 4.79 Å². The molecule has 0 saturated carbocycles. The number of benzene rings is 2. The monoisotopic (exact) mass is 443 g/mol. The van der Waals surface area contributed by atoms with Crippen LogP contribution in [-0.2, 0) is 17.8 Å². The fraction of sp³-hybridized carbons (Fsp3) is 0.269. The van der Waals surface area contributed by atoms with Crippen molar-refractivity contribution in [2.75, 3.05) is 21.3 Å². The number of carbonyl (C=O) groups is 1. The van der Waals surface area contributed by atoms with Crippen LogP contribution in [0.4, 0.5) is 0 Å². The molecule has 2 heterocycles. The summed E-state index contributed by atoms with van der Waals surface area (Å²) in [6, 6.07) is 15.7. The van der Waals surface area contributed by atoms with Crippen LogP contribution in [0.5, 0.6) is 11.5 Å². The molecule has 0 aliphatic heterocycles. The third-order valence-corrected chi connectivity index (χ3v) is 6.17. The minimum atomic E-state index is 0.0157. The van der Waals surface area contributed by atoms with E-state index in [-0.39, 0.29) is 11.7 Å². The fourth-order valence-electron chi connectivity index (χ4n) is 4.60. The summed E-state index contributed by atoms with van der Waals surface area (Å²) in [6.45, 7) is 0.340. The highest BCUT2D eigenvalue weighted by Gasteiger charge is 2.30. The average molecular weight is 444 g/mol. The maximum atomic E-state index is 13.1. The summed E-state index contributed by atoms with van der Waals surface area (Å²) in [7, 11) is 4.94. The smallest absolute Gasteiger partial charge is 0.166 e. The first-order chi connectivity index (χ1) is 16.1. The molecule has 1 aliphatic carbocycles. The lowest BCUT2D eigenvalue weighted by Crippen LogP contribution is -2.21. The Labute approximate surface area is 191 Å². The number of ether oxygens (including phenoxy) is 3. The molecule has 5 rings (SSSR count). The van der Waals surface area contributed by atoms with Crippen LogP contribution in [0.2, 0.25) is 0 Å². The molecule has 2 aromatic heterocycles. The van der Waals surface area contributed by atoms with Crippen LogP contribution in [0.3, 0.4) is 0 Å². The van der Waals surface area contributed by atoms with Crippen LogP contribution in [-0.4, -0.2) is 41.7 Å². The maximum absolute atomic E-state index is 13.1. The zero-order valence-corrected chi connectivity index (χ0v) is 18.9. The molecule has 2 aromatic carbocycles. The first-order valence-corrected chi connectivity index (χ1v) is 10.8. The minimum absolute atomic E-state index is 0.0157. The average Bonchev–Trinajstić information content (AvgIpc) is 3.20. The van der Waals surface area contributed by atoms with Crippen molar-refractivity contribution in [1.82, 2.24) is 14.6 Å². The summed E-state index contributed by atoms with van der Waals surface area (Å²) < 4.78 is 18.0. The maximum Gasteiger partial charge on any atom is 0.166 e. The van der Waals surface area contributed by atoms with Crippen molar-refractivity contribution in [3.63, 3.8) is 0 Å². The molecule has 0 N–H and O–H groups in total. The molecule has 7 nitrogen and oxygen atoms in total. The summed E-state index contributed by atoms with van der Waals surface area (Å²) >= 11 is 0. The molecule has 0 saturated heterocycles. The molecular weight excluding hydrogens is 418 g/mol. The first kappa shape index (κ1) is 21.2. The van der Waals surface area contributed by atoms with E-state index >= 15 is 0 Å². The normalized spacial score (nSPS) is 15.5. The van der Waals surface area contributed by atoms with Gasteiger partial charge in [-0.15, -0.1) is 0 Å². The quantitative estimate of drug-likeness (QED) is 0.438. The summed E-state index contributed by atoms with van der Waals surface area (Å²) in [5.74, 6) is 1.66. The van der Waals surface area contributed by atoms with Gasteiger partial charge in [0.05, 0.1) is 43.3 Å². The van der Waals surface area contributed by atoms with Crippen LogP contribution >= 0.6 is 0 Å². The number of aromatic nitrogens is 3. The summed E-state index contributed by atoms with van der Waals surface area (Å²) in [5, 5.41) is 4.69. The lowest BCUT2D eigenvalue weighted by molar-refractivity contribution is 0.0962. The molecule has 0 bridgehead atoms. The number of methoxy groups -OCH3 is 3.